The van der Waals surface area contributed by atoms with Crippen molar-refractivity contribution in [3.8, 4) is 0 Å². The number of aromatic nitrogens is 2. The van der Waals surface area contributed by atoms with E-state index >= 15 is 0 Å². The summed E-state index contributed by atoms with van der Waals surface area (Å²) in [5, 5.41) is 13.9. The van der Waals surface area contributed by atoms with Crippen molar-refractivity contribution in [1.82, 2.24) is 15.3 Å². The van der Waals surface area contributed by atoms with Crippen LogP contribution in [-0.2, 0) is 4.79 Å². The molecule has 1 aromatic heterocycles. The van der Waals surface area contributed by atoms with E-state index in [9.17, 15) is 14.9 Å². The first kappa shape index (κ1) is 13.9. The predicted molar refractivity (Wildman–Crippen MR) is 71.1 cm³/mol. The van der Waals surface area contributed by atoms with Crippen LogP contribution in [0.2, 0.25) is 0 Å². The molecule has 2 rings (SSSR count). The van der Waals surface area contributed by atoms with Gasteiger partial charge in [0, 0.05) is 13.1 Å². The summed E-state index contributed by atoms with van der Waals surface area (Å²) in [7, 11) is 0. The molecule has 1 aromatic rings. The second-order valence-electron chi connectivity index (χ2n) is 4.37. The monoisotopic (exact) mass is 281 g/mol. The van der Waals surface area contributed by atoms with E-state index in [1.165, 1.54) is 6.92 Å². The third-order valence-corrected chi connectivity index (χ3v) is 3.12. The summed E-state index contributed by atoms with van der Waals surface area (Å²) in [6.07, 6.45) is 0. The average Bonchev–Trinajstić information content (AvgIpc) is 2.40. The molecule has 1 unspecified atom stereocenters. The van der Waals surface area contributed by atoms with Crippen molar-refractivity contribution in [2.75, 3.05) is 23.4 Å². The Morgan fingerprint density at radius 1 is 1.55 bits per heavy atom. The minimum absolute atomic E-state index is 0.0706. The van der Waals surface area contributed by atoms with Crippen LogP contribution in [0.1, 0.15) is 12.6 Å². The number of hydrogen-bond donors (Lipinski definition) is 3. The van der Waals surface area contributed by atoms with Crippen LogP contribution in [0.25, 0.3) is 0 Å². The summed E-state index contributed by atoms with van der Waals surface area (Å²) in [6.45, 7) is 3.98. The number of nitrogens with one attached hydrogen (secondary N) is 2. The summed E-state index contributed by atoms with van der Waals surface area (Å²) in [4.78, 5) is 31.9. The van der Waals surface area contributed by atoms with E-state index in [1.54, 1.807) is 11.8 Å². The highest BCUT2D eigenvalue weighted by Gasteiger charge is 2.33. The third kappa shape index (κ3) is 2.32. The van der Waals surface area contributed by atoms with Gasteiger partial charge >= 0.3 is 5.69 Å². The molecule has 1 amide bonds. The lowest BCUT2D eigenvalue weighted by molar-refractivity contribution is -0.385. The van der Waals surface area contributed by atoms with Crippen molar-refractivity contribution >= 4 is 23.4 Å². The first-order valence-corrected chi connectivity index (χ1v) is 5.99. The van der Waals surface area contributed by atoms with Crippen LogP contribution < -0.4 is 21.5 Å². The minimum Gasteiger partial charge on any atom is -0.353 e. The van der Waals surface area contributed by atoms with Gasteiger partial charge in [-0.25, -0.2) is 10.8 Å². The number of amides is 1. The van der Waals surface area contributed by atoms with Gasteiger partial charge in [0.2, 0.25) is 17.7 Å². The Morgan fingerprint density at radius 2 is 2.25 bits per heavy atom. The topological polar surface area (TPSA) is 139 Å². The number of rotatable bonds is 3. The zero-order valence-corrected chi connectivity index (χ0v) is 11.1. The van der Waals surface area contributed by atoms with Gasteiger partial charge in [-0.1, -0.05) is 0 Å². The number of piperazine rings is 1. The van der Waals surface area contributed by atoms with Gasteiger partial charge in [-0.05, 0) is 13.8 Å². The van der Waals surface area contributed by atoms with Crippen LogP contribution in [0.15, 0.2) is 0 Å². The first-order valence-electron chi connectivity index (χ1n) is 5.99. The largest absolute Gasteiger partial charge is 0.353 e. The number of aryl methyl sites for hydroxylation is 1. The maximum atomic E-state index is 11.7. The van der Waals surface area contributed by atoms with Gasteiger partial charge in [-0.15, -0.1) is 0 Å². The van der Waals surface area contributed by atoms with Crippen LogP contribution in [0.3, 0.4) is 0 Å². The number of hydrazine groups is 1. The van der Waals surface area contributed by atoms with Crippen molar-refractivity contribution in [1.29, 1.82) is 0 Å². The van der Waals surface area contributed by atoms with E-state index in [0.29, 0.717) is 13.1 Å². The fourth-order valence-corrected chi connectivity index (χ4v) is 2.10. The van der Waals surface area contributed by atoms with Crippen molar-refractivity contribution in [2.45, 2.75) is 19.9 Å². The van der Waals surface area contributed by atoms with Crippen molar-refractivity contribution < 1.29 is 9.72 Å². The lowest BCUT2D eigenvalue weighted by Gasteiger charge is -2.33. The maximum Gasteiger partial charge on any atom is 0.332 e. The zero-order chi connectivity index (χ0) is 14.9. The van der Waals surface area contributed by atoms with E-state index in [-0.39, 0.29) is 29.1 Å². The number of carbonyl (C=O) groups is 1. The number of anilines is 2. The molecule has 1 fully saturated rings. The molecule has 0 aliphatic carbocycles. The summed E-state index contributed by atoms with van der Waals surface area (Å²) in [5.74, 6) is 5.22. The Morgan fingerprint density at radius 3 is 2.85 bits per heavy atom. The highest BCUT2D eigenvalue weighted by Crippen LogP contribution is 2.31. The maximum absolute atomic E-state index is 11.7. The smallest absolute Gasteiger partial charge is 0.332 e. The first-order chi connectivity index (χ1) is 9.45. The summed E-state index contributed by atoms with van der Waals surface area (Å²) >= 11 is 0. The molecule has 10 heteroatoms. The number of nitro groups is 1. The number of hydrogen-bond acceptors (Lipinski definition) is 8. The van der Waals surface area contributed by atoms with E-state index in [0.717, 1.165) is 0 Å². The molecule has 108 valence electrons. The Hall–Kier alpha value is -2.49. The van der Waals surface area contributed by atoms with E-state index in [1.807, 2.05) is 0 Å². The zero-order valence-electron chi connectivity index (χ0n) is 11.1. The van der Waals surface area contributed by atoms with E-state index in [4.69, 9.17) is 5.84 Å². The van der Waals surface area contributed by atoms with Crippen LogP contribution >= 0.6 is 0 Å². The molecule has 1 atom stereocenters. The Labute approximate surface area is 114 Å². The molecule has 0 aromatic carbocycles. The number of carbonyl (C=O) groups excluding carboxylic acids is 1. The molecule has 0 spiro atoms. The standard InChI is InChI=1S/C10H15N7O3/c1-5-7(17(19)20)8(14-10(13-5)15-11)16-4-3-12-9(18)6(16)2/h6H,3-4,11H2,1-2H3,(H,12,18)(H,13,14,15). The van der Waals surface area contributed by atoms with Crippen molar-refractivity contribution in [3.05, 3.63) is 15.8 Å². The second-order valence-corrected chi connectivity index (χ2v) is 4.37. The van der Waals surface area contributed by atoms with Crippen molar-refractivity contribution in [2.24, 2.45) is 5.84 Å². The normalized spacial score (nSPS) is 18.6. The highest BCUT2D eigenvalue weighted by atomic mass is 16.6. The predicted octanol–water partition coefficient (Wildman–Crippen LogP) is -0.696. The third-order valence-electron chi connectivity index (χ3n) is 3.12. The number of nitrogens with two attached hydrogens (primary N) is 1. The van der Waals surface area contributed by atoms with Gasteiger partial charge in [0.05, 0.1) is 4.92 Å². The fourth-order valence-electron chi connectivity index (χ4n) is 2.10. The minimum atomic E-state index is -0.553. The molecule has 0 saturated carbocycles. The number of nitrogens with zero attached hydrogens (tertiary/aromatic N) is 4. The Kier molecular flexibility index (Phi) is 3.66. The SMILES string of the molecule is Cc1nc(NN)nc(N2CCNC(=O)C2C)c1[N+](=O)[O-]. The van der Waals surface area contributed by atoms with Crippen LogP contribution in [0, 0.1) is 17.0 Å². The van der Waals surface area contributed by atoms with Gasteiger partial charge in [0.1, 0.15) is 11.7 Å². The molecule has 4 N–H and O–H groups in total. The van der Waals surface area contributed by atoms with Crippen molar-refractivity contribution in [3.63, 3.8) is 0 Å². The molecule has 1 aliphatic heterocycles. The fraction of sp³-hybridized carbons (Fsp3) is 0.500. The molecule has 2 heterocycles. The summed E-state index contributed by atoms with van der Waals surface area (Å²) in [5.41, 5.74) is 2.24. The Balaban J connectivity index is 2.55. The van der Waals surface area contributed by atoms with E-state index < -0.39 is 11.0 Å². The van der Waals surface area contributed by atoms with Crippen LogP contribution in [0.4, 0.5) is 17.5 Å². The van der Waals surface area contributed by atoms with Gasteiger partial charge in [-0.2, -0.15) is 4.98 Å². The summed E-state index contributed by atoms with van der Waals surface area (Å²) in [6, 6.07) is -0.553. The van der Waals surface area contributed by atoms with Gasteiger partial charge in [-0.3, -0.25) is 20.3 Å². The van der Waals surface area contributed by atoms with Gasteiger partial charge < -0.3 is 10.2 Å². The van der Waals surface area contributed by atoms with Crippen LogP contribution in [0.5, 0.6) is 0 Å². The lowest BCUT2D eigenvalue weighted by atomic mass is 10.2. The molecule has 10 nitrogen and oxygen atoms in total. The molecule has 1 saturated heterocycles. The Bertz CT molecular complexity index is 562. The molecule has 1 aliphatic rings. The molecule has 0 bridgehead atoms. The molecule has 20 heavy (non-hydrogen) atoms. The lowest BCUT2D eigenvalue weighted by Crippen LogP contribution is -2.54. The van der Waals surface area contributed by atoms with Gasteiger partial charge in [0.15, 0.2) is 0 Å². The van der Waals surface area contributed by atoms with Crippen LogP contribution in [-0.4, -0.2) is 39.9 Å². The summed E-state index contributed by atoms with van der Waals surface area (Å²) < 4.78 is 0. The van der Waals surface area contributed by atoms with E-state index in [2.05, 4.69) is 20.7 Å². The van der Waals surface area contributed by atoms with Gasteiger partial charge in [0.25, 0.3) is 0 Å². The molecular weight excluding hydrogens is 266 g/mol. The number of nitrogen functional groups attached to an aromatic ring is 1. The average molecular weight is 281 g/mol. The second kappa shape index (κ2) is 5.25. The molecule has 0 radical (unpaired) electrons. The molecular formula is C10H15N7O3. The highest BCUT2D eigenvalue weighted by molar-refractivity contribution is 5.86. The quantitative estimate of drug-likeness (QED) is 0.375.